The van der Waals surface area contributed by atoms with Gasteiger partial charge in [0.1, 0.15) is 0 Å². The van der Waals surface area contributed by atoms with Crippen molar-refractivity contribution in [3.63, 3.8) is 0 Å². The first-order chi connectivity index (χ1) is 14.1. The zero-order valence-corrected chi connectivity index (χ0v) is 19.2. The van der Waals surface area contributed by atoms with Crippen LogP contribution in [0.3, 0.4) is 0 Å². The minimum atomic E-state index is -3.27. The van der Waals surface area contributed by atoms with Crippen LogP contribution in [-0.2, 0) is 19.6 Å². The fraction of sp³-hybridized carbons (Fsp3) is 0.682. The van der Waals surface area contributed by atoms with E-state index in [1.165, 1.54) is 0 Å². The smallest absolute Gasteiger partial charge is 0.227 e. The summed E-state index contributed by atoms with van der Waals surface area (Å²) < 4.78 is 32.6. The second-order valence-corrected chi connectivity index (χ2v) is 11.2. The monoisotopic (exact) mass is 437 g/mol. The van der Waals surface area contributed by atoms with Gasteiger partial charge in [0.25, 0.3) is 0 Å². The van der Waals surface area contributed by atoms with Crippen molar-refractivity contribution in [3.8, 4) is 0 Å². The Morgan fingerprint density at radius 2 is 1.60 bits per heavy atom. The van der Waals surface area contributed by atoms with Crippen LogP contribution >= 0.6 is 0 Å². The number of hydrogen-bond acceptors (Lipinski definition) is 5. The van der Waals surface area contributed by atoms with Crippen molar-refractivity contribution >= 4 is 27.3 Å². The minimum absolute atomic E-state index is 0.0153. The van der Waals surface area contributed by atoms with Crippen molar-refractivity contribution in [3.05, 3.63) is 24.3 Å². The van der Waals surface area contributed by atoms with Gasteiger partial charge in [0, 0.05) is 36.4 Å². The number of carbonyl (C=O) groups is 1. The van der Waals surface area contributed by atoms with E-state index in [2.05, 4.69) is 28.8 Å². The van der Waals surface area contributed by atoms with Gasteiger partial charge in [-0.1, -0.05) is 0 Å². The third-order valence-electron chi connectivity index (χ3n) is 5.97. The first-order valence-corrected chi connectivity index (χ1v) is 12.5. The average molecular weight is 438 g/mol. The molecule has 1 saturated carbocycles. The Hall–Kier alpha value is -1.64. The van der Waals surface area contributed by atoms with E-state index in [0.29, 0.717) is 25.7 Å². The second kappa shape index (κ2) is 9.66. The summed E-state index contributed by atoms with van der Waals surface area (Å²) in [6.45, 7) is 9.24. The number of nitrogens with one attached hydrogen (secondary N) is 2. The summed E-state index contributed by atoms with van der Waals surface area (Å²) in [5.74, 6) is -0.0630. The molecule has 168 valence electrons. The summed E-state index contributed by atoms with van der Waals surface area (Å²) >= 11 is 0. The van der Waals surface area contributed by atoms with E-state index in [4.69, 9.17) is 4.74 Å². The normalized spacial score (nSPS) is 27.8. The highest BCUT2D eigenvalue weighted by molar-refractivity contribution is 7.90. The topological polar surface area (TPSA) is 87.7 Å². The van der Waals surface area contributed by atoms with Gasteiger partial charge in [-0.05, 0) is 77.6 Å². The van der Waals surface area contributed by atoms with E-state index in [1.807, 2.05) is 24.3 Å². The number of benzene rings is 1. The number of rotatable bonds is 6. The molecule has 1 aliphatic heterocycles. The number of morpholine rings is 1. The van der Waals surface area contributed by atoms with Crippen molar-refractivity contribution in [1.29, 1.82) is 0 Å². The molecule has 2 fully saturated rings. The van der Waals surface area contributed by atoms with Crippen LogP contribution in [0.4, 0.5) is 11.4 Å². The first kappa shape index (κ1) is 23.0. The van der Waals surface area contributed by atoms with Gasteiger partial charge in [-0.3, -0.25) is 4.79 Å². The molecule has 30 heavy (non-hydrogen) atoms. The van der Waals surface area contributed by atoms with Gasteiger partial charge in [-0.15, -0.1) is 0 Å². The molecule has 1 amide bonds. The predicted octanol–water partition coefficient (Wildman–Crippen LogP) is 3.13. The van der Waals surface area contributed by atoms with Crippen LogP contribution in [0.5, 0.6) is 0 Å². The third kappa shape index (κ3) is 5.95. The Morgan fingerprint density at radius 1 is 1.03 bits per heavy atom. The van der Waals surface area contributed by atoms with Gasteiger partial charge in [-0.25, -0.2) is 13.1 Å². The van der Waals surface area contributed by atoms with E-state index in [1.54, 1.807) is 13.8 Å². The molecule has 2 N–H and O–H groups in total. The van der Waals surface area contributed by atoms with E-state index in [-0.39, 0.29) is 30.1 Å². The molecule has 0 spiro atoms. The maximum Gasteiger partial charge on any atom is 0.227 e. The predicted molar refractivity (Wildman–Crippen MR) is 120 cm³/mol. The zero-order valence-electron chi connectivity index (χ0n) is 18.4. The standard InChI is InChI=1S/C22H35N3O4S/c1-15(2)30(27,28)24-20-7-5-18(6-8-20)22(26)23-19-9-11-21(12-10-19)25-13-16(3)29-17(4)14-25/h9-12,15-18,20,24H,5-8,13-14H2,1-4H3,(H,23,26). The number of amides is 1. The SMILES string of the molecule is CC1CN(c2ccc(NC(=O)C3CCC(NS(=O)(=O)C(C)C)CC3)cc2)CC(C)O1. The largest absolute Gasteiger partial charge is 0.372 e. The lowest BCUT2D eigenvalue weighted by atomic mass is 9.86. The molecule has 0 radical (unpaired) electrons. The summed E-state index contributed by atoms with van der Waals surface area (Å²) in [6, 6.07) is 7.90. The number of carbonyl (C=O) groups excluding carboxylic acids is 1. The van der Waals surface area contributed by atoms with Crippen LogP contribution in [0.25, 0.3) is 0 Å². The lowest BCUT2D eigenvalue weighted by molar-refractivity contribution is -0.120. The molecule has 1 saturated heterocycles. The molecule has 1 aromatic rings. The molecule has 1 aromatic carbocycles. The number of ether oxygens (including phenoxy) is 1. The summed E-state index contributed by atoms with van der Waals surface area (Å²) in [4.78, 5) is 15.0. The van der Waals surface area contributed by atoms with Gasteiger partial charge in [0.05, 0.1) is 17.5 Å². The lowest BCUT2D eigenvalue weighted by Crippen LogP contribution is -2.45. The number of hydrogen-bond donors (Lipinski definition) is 2. The maximum atomic E-state index is 12.7. The van der Waals surface area contributed by atoms with Crippen LogP contribution in [0.15, 0.2) is 24.3 Å². The Kier molecular flexibility index (Phi) is 7.42. The Balaban J connectivity index is 1.50. The van der Waals surface area contributed by atoms with Crippen molar-refractivity contribution in [1.82, 2.24) is 4.72 Å². The molecule has 8 heteroatoms. The molecule has 2 atom stereocenters. The number of nitrogens with zero attached hydrogens (tertiary/aromatic N) is 1. The summed E-state index contributed by atoms with van der Waals surface area (Å²) in [5.41, 5.74) is 1.92. The fourth-order valence-electron chi connectivity index (χ4n) is 4.23. The maximum absolute atomic E-state index is 12.7. The van der Waals surface area contributed by atoms with Crippen molar-refractivity contribution in [2.45, 2.75) is 76.9 Å². The molecule has 2 unspecified atom stereocenters. The van der Waals surface area contributed by atoms with Crippen LogP contribution in [0, 0.1) is 5.92 Å². The Bertz CT molecular complexity index is 807. The van der Waals surface area contributed by atoms with Crippen LogP contribution in [-0.4, -0.2) is 50.9 Å². The molecule has 3 rings (SSSR count). The molecular formula is C22H35N3O4S. The van der Waals surface area contributed by atoms with Gasteiger partial charge in [0.15, 0.2) is 0 Å². The highest BCUT2D eigenvalue weighted by atomic mass is 32.2. The van der Waals surface area contributed by atoms with Gasteiger partial charge < -0.3 is 15.0 Å². The number of sulfonamides is 1. The summed E-state index contributed by atoms with van der Waals surface area (Å²) in [7, 11) is -3.27. The second-order valence-electron chi connectivity index (χ2n) is 8.96. The molecule has 0 aromatic heterocycles. The van der Waals surface area contributed by atoms with Crippen LogP contribution < -0.4 is 14.9 Å². The highest BCUT2D eigenvalue weighted by Gasteiger charge is 2.29. The fourth-order valence-corrected chi connectivity index (χ4v) is 5.20. The molecule has 2 aliphatic rings. The van der Waals surface area contributed by atoms with E-state index in [0.717, 1.165) is 24.5 Å². The summed E-state index contributed by atoms with van der Waals surface area (Å²) in [6.07, 6.45) is 3.17. The quantitative estimate of drug-likeness (QED) is 0.714. The van der Waals surface area contributed by atoms with Crippen molar-refractivity contribution in [2.24, 2.45) is 5.92 Å². The van der Waals surface area contributed by atoms with Gasteiger partial charge >= 0.3 is 0 Å². The average Bonchev–Trinajstić information content (AvgIpc) is 2.68. The van der Waals surface area contributed by atoms with Crippen LogP contribution in [0.2, 0.25) is 0 Å². The molecular weight excluding hydrogens is 402 g/mol. The summed E-state index contributed by atoms with van der Waals surface area (Å²) in [5, 5.41) is 2.58. The first-order valence-electron chi connectivity index (χ1n) is 11.0. The molecule has 1 heterocycles. The third-order valence-corrected chi connectivity index (χ3v) is 7.87. The van der Waals surface area contributed by atoms with Crippen molar-refractivity contribution < 1.29 is 17.9 Å². The Labute approximate surface area is 180 Å². The van der Waals surface area contributed by atoms with E-state index >= 15 is 0 Å². The number of anilines is 2. The minimum Gasteiger partial charge on any atom is -0.372 e. The van der Waals surface area contributed by atoms with Gasteiger partial charge in [0.2, 0.25) is 15.9 Å². The van der Waals surface area contributed by atoms with E-state index in [9.17, 15) is 13.2 Å². The van der Waals surface area contributed by atoms with E-state index < -0.39 is 15.3 Å². The van der Waals surface area contributed by atoms with Crippen LogP contribution in [0.1, 0.15) is 53.4 Å². The van der Waals surface area contributed by atoms with Gasteiger partial charge in [-0.2, -0.15) is 0 Å². The highest BCUT2D eigenvalue weighted by Crippen LogP contribution is 2.27. The lowest BCUT2D eigenvalue weighted by Gasteiger charge is -2.36. The molecule has 7 nitrogen and oxygen atoms in total. The Morgan fingerprint density at radius 3 is 2.13 bits per heavy atom. The zero-order chi connectivity index (χ0) is 21.9. The van der Waals surface area contributed by atoms with Crippen molar-refractivity contribution in [2.75, 3.05) is 23.3 Å². The molecule has 1 aliphatic carbocycles. The molecule has 0 bridgehead atoms.